The SMILES string of the molecule is c1ccc(-c2cccc3c2Sc2c(-c4ccc5c6ccccc6n(-c6ccccc6)c5c4)cccc2C32c3ccccc3Sc3ccccc32)cc1. The van der Waals surface area contributed by atoms with Crippen LogP contribution in [0.3, 0.4) is 0 Å². The van der Waals surface area contributed by atoms with E-state index in [0.29, 0.717) is 0 Å². The summed E-state index contributed by atoms with van der Waals surface area (Å²) in [5.74, 6) is 0. The lowest BCUT2D eigenvalue weighted by Crippen LogP contribution is -2.37. The fourth-order valence-electron chi connectivity index (χ4n) is 8.77. The zero-order valence-corrected chi connectivity index (χ0v) is 29.8. The molecule has 52 heavy (non-hydrogen) atoms. The van der Waals surface area contributed by atoms with Gasteiger partial charge in [0.05, 0.1) is 16.4 Å². The van der Waals surface area contributed by atoms with Crippen LogP contribution in [0, 0.1) is 0 Å². The van der Waals surface area contributed by atoms with Crippen molar-refractivity contribution in [3.8, 4) is 27.9 Å². The molecule has 1 spiro atoms. The normalized spacial score (nSPS) is 13.8. The van der Waals surface area contributed by atoms with Crippen molar-refractivity contribution in [1.29, 1.82) is 0 Å². The average Bonchev–Trinajstić information content (AvgIpc) is 3.55. The summed E-state index contributed by atoms with van der Waals surface area (Å²) < 4.78 is 2.42. The molecular formula is C49H31NS2. The summed E-state index contributed by atoms with van der Waals surface area (Å²) >= 11 is 3.83. The maximum absolute atomic E-state index is 2.42. The van der Waals surface area contributed by atoms with Crippen LogP contribution in [0.1, 0.15) is 22.3 Å². The first kappa shape index (κ1) is 29.9. The highest BCUT2D eigenvalue weighted by Gasteiger charge is 2.49. The van der Waals surface area contributed by atoms with Crippen molar-refractivity contribution in [3.05, 3.63) is 210 Å². The summed E-state index contributed by atoms with van der Waals surface area (Å²) in [5, 5.41) is 2.53. The van der Waals surface area contributed by atoms with Crippen LogP contribution < -0.4 is 0 Å². The Morgan fingerprint density at radius 2 is 0.904 bits per heavy atom. The smallest absolute Gasteiger partial charge is 0.0745 e. The largest absolute Gasteiger partial charge is 0.309 e. The number of rotatable bonds is 3. The molecule has 9 aromatic rings. The molecule has 0 unspecified atom stereocenters. The van der Waals surface area contributed by atoms with Crippen molar-refractivity contribution < 1.29 is 0 Å². The Morgan fingerprint density at radius 1 is 0.365 bits per heavy atom. The van der Waals surface area contributed by atoms with Gasteiger partial charge in [0.15, 0.2) is 0 Å². The molecule has 0 saturated carbocycles. The number of aromatic nitrogens is 1. The van der Waals surface area contributed by atoms with E-state index in [1.807, 2.05) is 23.5 Å². The lowest BCUT2D eigenvalue weighted by molar-refractivity contribution is 0.668. The molecule has 2 aliphatic rings. The van der Waals surface area contributed by atoms with Crippen molar-refractivity contribution in [2.75, 3.05) is 0 Å². The third-order valence-electron chi connectivity index (χ3n) is 10.9. The molecule has 0 amide bonds. The van der Waals surface area contributed by atoms with E-state index < -0.39 is 5.41 Å². The van der Waals surface area contributed by atoms with Gasteiger partial charge in [-0.05, 0) is 80.9 Å². The number of nitrogens with zero attached hydrogens (tertiary/aromatic N) is 1. The Morgan fingerprint density at radius 3 is 1.60 bits per heavy atom. The second-order valence-corrected chi connectivity index (χ2v) is 15.7. The first-order chi connectivity index (χ1) is 25.8. The van der Waals surface area contributed by atoms with Crippen LogP contribution >= 0.6 is 23.5 Å². The number of para-hydroxylation sites is 2. The van der Waals surface area contributed by atoms with E-state index >= 15 is 0 Å². The molecule has 0 radical (unpaired) electrons. The zero-order chi connectivity index (χ0) is 34.2. The van der Waals surface area contributed by atoms with E-state index in [4.69, 9.17) is 0 Å². The van der Waals surface area contributed by atoms with Crippen molar-refractivity contribution >= 4 is 45.3 Å². The molecule has 244 valence electrons. The quantitative estimate of drug-likeness (QED) is 0.181. The minimum atomic E-state index is -0.488. The minimum absolute atomic E-state index is 0.488. The van der Waals surface area contributed by atoms with Crippen LogP contribution in [-0.2, 0) is 5.41 Å². The molecule has 0 fully saturated rings. The summed E-state index contributed by atoms with van der Waals surface area (Å²) in [6.45, 7) is 0. The molecule has 0 N–H and O–H groups in total. The first-order valence-corrected chi connectivity index (χ1v) is 19.4. The lowest BCUT2D eigenvalue weighted by atomic mass is 9.64. The average molecular weight is 698 g/mol. The zero-order valence-electron chi connectivity index (χ0n) is 28.2. The summed E-state index contributed by atoms with van der Waals surface area (Å²) in [6, 6.07) is 69.7. The fourth-order valence-corrected chi connectivity index (χ4v) is 11.4. The number of hydrogen-bond acceptors (Lipinski definition) is 2. The van der Waals surface area contributed by atoms with Gasteiger partial charge in [-0.1, -0.05) is 175 Å². The molecule has 2 aliphatic heterocycles. The highest BCUT2D eigenvalue weighted by Crippen LogP contribution is 2.63. The van der Waals surface area contributed by atoms with Crippen molar-refractivity contribution in [2.45, 2.75) is 25.0 Å². The second-order valence-electron chi connectivity index (χ2n) is 13.6. The van der Waals surface area contributed by atoms with Crippen LogP contribution in [0.15, 0.2) is 208 Å². The minimum Gasteiger partial charge on any atom is -0.309 e. The van der Waals surface area contributed by atoms with E-state index in [1.165, 1.54) is 91.6 Å². The molecular weight excluding hydrogens is 667 g/mol. The lowest BCUT2D eigenvalue weighted by Gasteiger charge is -2.46. The Balaban J connectivity index is 1.24. The first-order valence-electron chi connectivity index (χ1n) is 17.8. The number of benzene rings is 8. The van der Waals surface area contributed by atoms with Crippen molar-refractivity contribution in [1.82, 2.24) is 4.57 Å². The molecule has 3 heterocycles. The third kappa shape index (κ3) is 4.21. The maximum atomic E-state index is 2.42. The summed E-state index contributed by atoms with van der Waals surface area (Å²) in [7, 11) is 0. The Labute approximate surface area is 311 Å². The molecule has 3 heteroatoms. The highest BCUT2D eigenvalue weighted by atomic mass is 32.2. The Hall–Kier alpha value is -5.74. The van der Waals surface area contributed by atoms with Gasteiger partial charge in [0.25, 0.3) is 0 Å². The van der Waals surface area contributed by atoms with Gasteiger partial charge in [-0.25, -0.2) is 0 Å². The van der Waals surface area contributed by atoms with Crippen LogP contribution in [0.4, 0.5) is 0 Å². The molecule has 0 aliphatic carbocycles. The van der Waals surface area contributed by atoms with Gasteiger partial charge in [-0.2, -0.15) is 0 Å². The summed E-state index contributed by atoms with van der Waals surface area (Å²) in [4.78, 5) is 5.27. The van der Waals surface area contributed by atoms with E-state index in [-0.39, 0.29) is 0 Å². The predicted molar refractivity (Wildman–Crippen MR) is 218 cm³/mol. The molecule has 0 atom stereocenters. The van der Waals surface area contributed by atoms with Gasteiger partial charge in [0, 0.05) is 36.0 Å². The van der Waals surface area contributed by atoms with E-state index in [1.54, 1.807) is 0 Å². The van der Waals surface area contributed by atoms with E-state index in [9.17, 15) is 0 Å². The second kappa shape index (κ2) is 11.6. The standard InChI is InChI=1S/C49H31NS2/c1-3-15-32(16-4-1)35-20-13-24-41-47(35)52-48-36(21-14-25-42(48)49(41)39-22-8-11-27-45(39)51-46-28-12-9-23-40(46)49)33-29-30-38-37-19-7-10-26-43(37)50(44(38)31-33)34-17-5-2-6-18-34/h1-31H. The highest BCUT2D eigenvalue weighted by molar-refractivity contribution is 8.00. The Kier molecular flexibility index (Phi) is 6.70. The van der Waals surface area contributed by atoms with E-state index in [0.717, 1.165) is 0 Å². The van der Waals surface area contributed by atoms with Gasteiger partial charge in [0.2, 0.25) is 0 Å². The maximum Gasteiger partial charge on any atom is 0.0745 e. The molecule has 0 bridgehead atoms. The topological polar surface area (TPSA) is 4.93 Å². The summed E-state index contributed by atoms with van der Waals surface area (Å²) in [5.41, 5.74) is 13.5. The molecule has 0 saturated heterocycles. The molecule has 11 rings (SSSR count). The molecule has 8 aromatic carbocycles. The monoisotopic (exact) mass is 697 g/mol. The van der Waals surface area contributed by atoms with Gasteiger partial charge < -0.3 is 4.57 Å². The van der Waals surface area contributed by atoms with Crippen molar-refractivity contribution in [2.24, 2.45) is 0 Å². The van der Waals surface area contributed by atoms with Crippen LogP contribution in [0.2, 0.25) is 0 Å². The molecule has 1 nitrogen and oxygen atoms in total. The van der Waals surface area contributed by atoms with Gasteiger partial charge >= 0.3 is 0 Å². The van der Waals surface area contributed by atoms with Gasteiger partial charge in [-0.3, -0.25) is 0 Å². The summed E-state index contributed by atoms with van der Waals surface area (Å²) in [6.07, 6.45) is 0. The molecule has 1 aromatic heterocycles. The Bertz CT molecular complexity index is 2810. The third-order valence-corrected chi connectivity index (χ3v) is 13.4. The van der Waals surface area contributed by atoms with Gasteiger partial charge in [-0.15, -0.1) is 0 Å². The van der Waals surface area contributed by atoms with Crippen LogP contribution in [0.25, 0.3) is 49.7 Å². The van der Waals surface area contributed by atoms with E-state index in [2.05, 4.69) is 193 Å². The van der Waals surface area contributed by atoms with Crippen LogP contribution in [0.5, 0.6) is 0 Å². The van der Waals surface area contributed by atoms with Gasteiger partial charge in [0.1, 0.15) is 0 Å². The predicted octanol–water partition coefficient (Wildman–Crippen LogP) is 13.4. The van der Waals surface area contributed by atoms with Crippen molar-refractivity contribution in [3.63, 3.8) is 0 Å². The number of hydrogen-bond donors (Lipinski definition) is 0. The fraction of sp³-hybridized carbons (Fsp3) is 0.0204. The number of fused-ring (bicyclic) bond motifs is 11. The van der Waals surface area contributed by atoms with Crippen LogP contribution in [-0.4, -0.2) is 4.57 Å².